The van der Waals surface area contributed by atoms with Crippen LogP contribution in [0.2, 0.25) is 0 Å². The highest BCUT2D eigenvalue weighted by atomic mass is 16.5. The first-order valence-corrected chi connectivity index (χ1v) is 15.7. The molecule has 3 aromatic rings. The molecule has 0 aliphatic carbocycles. The number of aromatic nitrogens is 2. The van der Waals surface area contributed by atoms with Crippen molar-refractivity contribution >= 4 is 28.5 Å². The number of piperidine rings is 1. The third-order valence-corrected chi connectivity index (χ3v) is 8.13. The molecule has 0 bridgehead atoms. The number of nitrogens with zero attached hydrogens (tertiary/aromatic N) is 4. The Balaban J connectivity index is 1.04. The number of nitrogens with one attached hydrogen (secondary N) is 2. The summed E-state index contributed by atoms with van der Waals surface area (Å²) >= 11 is 0. The number of phenols is 1. The molecule has 1 aliphatic heterocycles. The summed E-state index contributed by atoms with van der Waals surface area (Å²) in [6.07, 6.45) is 4.38. The van der Waals surface area contributed by atoms with Crippen molar-refractivity contribution in [1.82, 2.24) is 24.7 Å². The number of likely N-dealkylation sites (tertiary alicyclic amines) is 1. The Labute approximate surface area is 260 Å². The molecule has 2 amide bonds. The highest BCUT2D eigenvalue weighted by molar-refractivity contribution is 5.91. The van der Waals surface area contributed by atoms with Crippen LogP contribution in [0, 0.1) is 6.92 Å². The van der Waals surface area contributed by atoms with Crippen molar-refractivity contribution in [3.63, 3.8) is 0 Å². The van der Waals surface area contributed by atoms with E-state index >= 15 is 0 Å². The fourth-order valence-corrected chi connectivity index (χ4v) is 5.34. The van der Waals surface area contributed by atoms with Crippen LogP contribution in [0.3, 0.4) is 0 Å². The molecular formula is C33H48N6O5. The number of hydrogen-bond donors (Lipinski definition) is 3. The topological polar surface area (TPSA) is 121 Å². The minimum Gasteiger partial charge on any atom is -0.508 e. The molecule has 0 radical (unpaired) electrons. The van der Waals surface area contributed by atoms with E-state index < -0.39 is 0 Å². The number of carbonyl (C=O) groups excluding carboxylic acids is 2. The van der Waals surface area contributed by atoms with Crippen LogP contribution < -0.4 is 10.6 Å². The highest BCUT2D eigenvalue weighted by Crippen LogP contribution is 2.22. The molecular weight excluding hydrogens is 560 g/mol. The summed E-state index contributed by atoms with van der Waals surface area (Å²) in [7, 11) is 2.10. The summed E-state index contributed by atoms with van der Waals surface area (Å²) in [4.78, 5) is 33.9. The quantitative estimate of drug-likeness (QED) is 0.199. The van der Waals surface area contributed by atoms with Gasteiger partial charge in [0.2, 0.25) is 11.8 Å². The van der Waals surface area contributed by atoms with Crippen molar-refractivity contribution < 1.29 is 24.2 Å². The molecule has 1 saturated heterocycles. The van der Waals surface area contributed by atoms with E-state index in [2.05, 4.69) is 51.2 Å². The molecule has 1 aliphatic rings. The lowest BCUT2D eigenvalue weighted by atomic mass is 10.0. The van der Waals surface area contributed by atoms with E-state index in [-0.39, 0.29) is 24.0 Å². The van der Waals surface area contributed by atoms with E-state index in [1.807, 2.05) is 17.2 Å². The van der Waals surface area contributed by atoms with Gasteiger partial charge in [-0.25, -0.2) is 4.98 Å². The van der Waals surface area contributed by atoms with Gasteiger partial charge in [0.15, 0.2) is 0 Å². The fraction of sp³-hybridized carbons (Fsp3) is 0.545. The minimum absolute atomic E-state index is 0.155. The maximum atomic E-state index is 13.1. The number of ether oxygens (including phenoxy) is 2. The van der Waals surface area contributed by atoms with Gasteiger partial charge in [-0.15, -0.1) is 0 Å². The van der Waals surface area contributed by atoms with E-state index in [1.165, 1.54) is 11.8 Å². The lowest BCUT2D eigenvalue weighted by Gasteiger charge is -2.32. The Kier molecular flexibility index (Phi) is 13.0. The molecule has 0 saturated carbocycles. The zero-order valence-corrected chi connectivity index (χ0v) is 26.4. The van der Waals surface area contributed by atoms with E-state index in [0.29, 0.717) is 51.1 Å². The average Bonchev–Trinajstić information content (AvgIpc) is 3.37. The SMILES string of the molecule is CCN(C)Cc1cc2cccnc2n1CCC(=O)N1CCC(NCCOCCOCCC(=O)Nc2ccc(C)c(O)c2)CC1. The van der Waals surface area contributed by atoms with E-state index in [4.69, 9.17) is 9.47 Å². The summed E-state index contributed by atoms with van der Waals surface area (Å²) < 4.78 is 13.4. The van der Waals surface area contributed by atoms with Crippen LogP contribution in [0.1, 0.15) is 43.9 Å². The third-order valence-electron chi connectivity index (χ3n) is 8.13. The van der Waals surface area contributed by atoms with Gasteiger partial charge in [0.25, 0.3) is 0 Å². The fourth-order valence-electron chi connectivity index (χ4n) is 5.34. The summed E-state index contributed by atoms with van der Waals surface area (Å²) in [6.45, 7) is 10.4. The average molecular weight is 609 g/mol. The molecule has 1 fully saturated rings. The van der Waals surface area contributed by atoms with Gasteiger partial charge in [-0.2, -0.15) is 0 Å². The molecule has 4 rings (SSSR count). The van der Waals surface area contributed by atoms with Crippen molar-refractivity contribution in [2.45, 2.75) is 58.7 Å². The number of benzene rings is 1. The van der Waals surface area contributed by atoms with Gasteiger partial charge in [-0.1, -0.05) is 13.0 Å². The Bertz CT molecular complexity index is 1350. The van der Waals surface area contributed by atoms with Crippen molar-refractivity contribution in [3.05, 3.63) is 53.9 Å². The molecule has 240 valence electrons. The van der Waals surface area contributed by atoms with Crippen LogP contribution in [0.15, 0.2) is 42.6 Å². The summed E-state index contributed by atoms with van der Waals surface area (Å²) in [5, 5.41) is 17.2. The van der Waals surface area contributed by atoms with Gasteiger partial charge in [0.05, 0.1) is 32.8 Å². The van der Waals surface area contributed by atoms with Crippen LogP contribution in [0.4, 0.5) is 5.69 Å². The zero-order chi connectivity index (χ0) is 31.3. The summed E-state index contributed by atoms with van der Waals surface area (Å²) in [5.74, 6) is 0.191. The number of pyridine rings is 1. The Hall–Kier alpha value is -3.51. The smallest absolute Gasteiger partial charge is 0.226 e. The second kappa shape index (κ2) is 17.1. The molecule has 0 atom stereocenters. The molecule has 1 aromatic carbocycles. The highest BCUT2D eigenvalue weighted by Gasteiger charge is 2.23. The Morgan fingerprint density at radius 3 is 2.59 bits per heavy atom. The van der Waals surface area contributed by atoms with Crippen LogP contribution in [-0.4, -0.2) is 102 Å². The van der Waals surface area contributed by atoms with Gasteiger partial charge in [0.1, 0.15) is 11.4 Å². The van der Waals surface area contributed by atoms with Gasteiger partial charge in [-0.05, 0) is 63.2 Å². The molecule has 0 spiro atoms. The number of carbonyl (C=O) groups is 2. The van der Waals surface area contributed by atoms with Crippen molar-refractivity contribution in [2.75, 3.05) is 65.0 Å². The van der Waals surface area contributed by atoms with Gasteiger partial charge < -0.3 is 39.6 Å². The molecule has 3 heterocycles. The monoisotopic (exact) mass is 608 g/mol. The first-order valence-electron chi connectivity index (χ1n) is 15.7. The van der Waals surface area contributed by atoms with Crippen LogP contribution >= 0.6 is 0 Å². The minimum atomic E-state index is -0.164. The molecule has 2 aromatic heterocycles. The normalized spacial score (nSPS) is 14.0. The molecule has 3 N–H and O–H groups in total. The van der Waals surface area contributed by atoms with Gasteiger partial charge in [0, 0.05) is 74.2 Å². The first kappa shape index (κ1) is 33.4. The van der Waals surface area contributed by atoms with Crippen LogP contribution in [0.25, 0.3) is 11.0 Å². The van der Waals surface area contributed by atoms with Crippen LogP contribution in [0.5, 0.6) is 5.75 Å². The molecule has 11 nitrogen and oxygen atoms in total. The van der Waals surface area contributed by atoms with Crippen LogP contribution in [-0.2, 0) is 32.2 Å². The second-order valence-electron chi connectivity index (χ2n) is 11.4. The first-order chi connectivity index (χ1) is 21.3. The number of anilines is 1. The van der Waals surface area contributed by atoms with E-state index in [0.717, 1.165) is 62.2 Å². The van der Waals surface area contributed by atoms with Crippen molar-refractivity contribution in [2.24, 2.45) is 0 Å². The lowest BCUT2D eigenvalue weighted by Crippen LogP contribution is -2.45. The Morgan fingerprint density at radius 2 is 1.84 bits per heavy atom. The summed E-state index contributed by atoms with van der Waals surface area (Å²) in [6, 6.07) is 11.7. The van der Waals surface area contributed by atoms with Crippen molar-refractivity contribution in [3.8, 4) is 5.75 Å². The predicted octanol–water partition coefficient (Wildman–Crippen LogP) is 3.53. The number of fused-ring (bicyclic) bond motifs is 1. The second-order valence-corrected chi connectivity index (χ2v) is 11.4. The largest absolute Gasteiger partial charge is 0.508 e. The van der Waals surface area contributed by atoms with E-state index in [1.54, 1.807) is 19.1 Å². The lowest BCUT2D eigenvalue weighted by molar-refractivity contribution is -0.132. The Morgan fingerprint density at radius 1 is 1.07 bits per heavy atom. The number of amides is 2. The molecule has 44 heavy (non-hydrogen) atoms. The molecule has 0 unspecified atom stereocenters. The van der Waals surface area contributed by atoms with Crippen molar-refractivity contribution in [1.29, 1.82) is 0 Å². The summed E-state index contributed by atoms with van der Waals surface area (Å²) in [5.41, 5.74) is 3.46. The number of phenolic OH excluding ortho intramolecular Hbond substituents is 1. The number of aromatic hydroxyl groups is 1. The molecule has 11 heteroatoms. The predicted molar refractivity (Wildman–Crippen MR) is 172 cm³/mol. The maximum Gasteiger partial charge on any atom is 0.226 e. The maximum absolute atomic E-state index is 13.1. The number of hydrogen-bond acceptors (Lipinski definition) is 8. The van der Waals surface area contributed by atoms with Gasteiger partial charge >= 0.3 is 0 Å². The zero-order valence-electron chi connectivity index (χ0n) is 26.4. The number of aryl methyl sites for hydroxylation is 2. The standard InChI is InChI=1S/C33H48N6O5/c1-4-37(3)24-29-22-26-6-5-13-35-33(26)39(29)17-11-32(42)38-15-9-27(10-16-38)34-14-19-44-21-20-43-18-12-31(41)36-28-8-7-25(2)30(40)23-28/h5-8,13,22-23,27,34,40H,4,9-12,14-21,24H2,1-3H3,(H,36,41). The third kappa shape index (κ3) is 10.0. The van der Waals surface area contributed by atoms with Gasteiger partial charge in [-0.3, -0.25) is 9.59 Å². The number of rotatable bonds is 17. The van der Waals surface area contributed by atoms with E-state index in [9.17, 15) is 14.7 Å².